The molecular weight excluding hydrogens is 154 g/mol. The molecule has 0 radical (unpaired) electrons. The van der Waals surface area contributed by atoms with Gasteiger partial charge in [-0.3, -0.25) is 9.69 Å². The molecule has 4 nitrogen and oxygen atoms in total. The van der Waals surface area contributed by atoms with Crippen LogP contribution in [-0.2, 0) is 4.79 Å². The summed E-state index contributed by atoms with van der Waals surface area (Å²) in [6.07, 6.45) is 0. The van der Waals surface area contributed by atoms with E-state index in [0.29, 0.717) is 12.6 Å². The normalized spacial score (nSPS) is 26.4. The van der Waals surface area contributed by atoms with Crippen LogP contribution >= 0.6 is 0 Å². The third-order valence-corrected chi connectivity index (χ3v) is 2.31. The van der Waals surface area contributed by atoms with Crippen molar-refractivity contribution in [3.8, 4) is 0 Å². The van der Waals surface area contributed by atoms with Crippen LogP contribution in [0.4, 0.5) is 0 Å². The van der Waals surface area contributed by atoms with Crippen LogP contribution in [0, 0.1) is 0 Å². The standard InChI is InChI=1S/C8H17N3O/c1-9-4-7-5-10(2)6-8(12)11(7)3/h7,9H,4-6H2,1-3H3. The smallest absolute Gasteiger partial charge is 0.236 e. The van der Waals surface area contributed by atoms with Gasteiger partial charge in [0.05, 0.1) is 12.6 Å². The van der Waals surface area contributed by atoms with Crippen LogP contribution in [0.1, 0.15) is 0 Å². The Morgan fingerprint density at radius 3 is 2.83 bits per heavy atom. The number of nitrogens with one attached hydrogen (secondary N) is 1. The lowest BCUT2D eigenvalue weighted by atomic mass is 10.2. The summed E-state index contributed by atoms with van der Waals surface area (Å²) >= 11 is 0. The van der Waals surface area contributed by atoms with Gasteiger partial charge in [0.15, 0.2) is 0 Å². The van der Waals surface area contributed by atoms with Crippen molar-refractivity contribution in [2.45, 2.75) is 6.04 Å². The number of carbonyl (C=O) groups is 1. The molecular formula is C8H17N3O. The number of rotatable bonds is 2. The molecule has 1 saturated heterocycles. The summed E-state index contributed by atoms with van der Waals surface area (Å²) in [5.41, 5.74) is 0. The highest BCUT2D eigenvalue weighted by Crippen LogP contribution is 2.05. The van der Waals surface area contributed by atoms with Crippen molar-refractivity contribution in [2.75, 3.05) is 40.8 Å². The van der Waals surface area contributed by atoms with Gasteiger partial charge in [0.2, 0.25) is 5.91 Å². The van der Waals surface area contributed by atoms with Gasteiger partial charge in [0.1, 0.15) is 0 Å². The molecule has 0 saturated carbocycles. The maximum Gasteiger partial charge on any atom is 0.236 e. The number of hydrogen-bond donors (Lipinski definition) is 1. The molecule has 12 heavy (non-hydrogen) atoms. The van der Waals surface area contributed by atoms with Gasteiger partial charge >= 0.3 is 0 Å². The van der Waals surface area contributed by atoms with E-state index in [2.05, 4.69) is 10.2 Å². The molecule has 1 unspecified atom stereocenters. The van der Waals surface area contributed by atoms with Crippen LogP contribution in [-0.4, -0.2) is 62.5 Å². The molecule has 1 aliphatic heterocycles. The fraction of sp³-hybridized carbons (Fsp3) is 0.875. The van der Waals surface area contributed by atoms with Crippen molar-refractivity contribution < 1.29 is 4.79 Å². The fourth-order valence-corrected chi connectivity index (χ4v) is 1.53. The molecule has 1 amide bonds. The van der Waals surface area contributed by atoms with Gasteiger partial charge < -0.3 is 10.2 Å². The van der Waals surface area contributed by atoms with E-state index in [1.807, 2.05) is 26.0 Å². The predicted octanol–water partition coefficient (Wildman–Crippen LogP) is -1.02. The second kappa shape index (κ2) is 3.87. The molecule has 1 N–H and O–H groups in total. The van der Waals surface area contributed by atoms with Gasteiger partial charge in [-0.25, -0.2) is 0 Å². The Labute approximate surface area is 73.5 Å². The van der Waals surface area contributed by atoms with Crippen molar-refractivity contribution in [1.29, 1.82) is 0 Å². The van der Waals surface area contributed by atoms with E-state index in [9.17, 15) is 4.79 Å². The summed E-state index contributed by atoms with van der Waals surface area (Å²) in [6, 6.07) is 0.321. The second-order valence-electron chi connectivity index (χ2n) is 3.41. The molecule has 1 heterocycles. The van der Waals surface area contributed by atoms with Crippen LogP contribution < -0.4 is 5.32 Å². The molecule has 1 fully saturated rings. The van der Waals surface area contributed by atoms with Crippen molar-refractivity contribution in [3.63, 3.8) is 0 Å². The van der Waals surface area contributed by atoms with Crippen LogP contribution in [0.15, 0.2) is 0 Å². The highest BCUT2D eigenvalue weighted by atomic mass is 16.2. The summed E-state index contributed by atoms with van der Waals surface area (Å²) in [6.45, 7) is 2.38. The third-order valence-electron chi connectivity index (χ3n) is 2.31. The molecule has 0 aliphatic carbocycles. The average molecular weight is 171 g/mol. The minimum absolute atomic E-state index is 0.212. The number of piperazine rings is 1. The van der Waals surface area contributed by atoms with E-state index in [1.54, 1.807) is 0 Å². The molecule has 0 aromatic heterocycles. The maximum atomic E-state index is 11.3. The van der Waals surface area contributed by atoms with Gasteiger partial charge in [-0.1, -0.05) is 0 Å². The summed E-state index contributed by atoms with van der Waals surface area (Å²) < 4.78 is 0. The lowest BCUT2D eigenvalue weighted by molar-refractivity contribution is -0.136. The highest BCUT2D eigenvalue weighted by molar-refractivity contribution is 5.79. The lowest BCUT2D eigenvalue weighted by Crippen LogP contribution is -2.56. The zero-order valence-electron chi connectivity index (χ0n) is 8.00. The van der Waals surface area contributed by atoms with Crippen molar-refractivity contribution in [3.05, 3.63) is 0 Å². The maximum absolute atomic E-state index is 11.3. The van der Waals surface area contributed by atoms with Crippen molar-refractivity contribution in [2.24, 2.45) is 0 Å². The minimum atomic E-state index is 0.212. The Hall–Kier alpha value is -0.610. The SMILES string of the molecule is CNCC1CN(C)CC(=O)N1C. The molecule has 0 aromatic carbocycles. The molecule has 1 rings (SSSR count). The minimum Gasteiger partial charge on any atom is -0.339 e. The van der Waals surface area contributed by atoms with Crippen LogP contribution in [0.2, 0.25) is 0 Å². The molecule has 1 atom stereocenters. The van der Waals surface area contributed by atoms with Gasteiger partial charge in [-0.2, -0.15) is 0 Å². The van der Waals surface area contributed by atoms with E-state index < -0.39 is 0 Å². The average Bonchev–Trinajstić information content (AvgIpc) is 2.00. The lowest BCUT2D eigenvalue weighted by Gasteiger charge is -2.37. The zero-order chi connectivity index (χ0) is 9.14. The van der Waals surface area contributed by atoms with E-state index in [-0.39, 0.29) is 5.91 Å². The zero-order valence-corrected chi connectivity index (χ0v) is 8.00. The Morgan fingerprint density at radius 1 is 1.58 bits per heavy atom. The Morgan fingerprint density at radius 2 is 2.25 bits per heavy atom. The summed E-state index contributed by atoms with van der Waals surface area (Å²) in [7, 11) is 5.76. The molecule has 4 heteroatoms. The van der Waals surface area contributed by atoms with E-state index >= 15 is 0 Å². The molecule has 70 valence electrons. The summed E-state index contributed by atoms with van der Waals surface area (Å²) in [5, 5.41) is 3.09. The van der Waals surface area contributed by atoms with Crippen LogP contribution in [0.5, 0.6) is 0 Å². The number of carbonyl (C=O) groups excluding carboxylic acids is 1. The van der Waals surface area contributed by atoms with Gasteiger partial charge in [0.25, 0.3) is 0 Å². The first-order valence-electron chi connectivity index (χ1n) is 4.24. The fourth-order valence-electron chi connectivity index (χ4n) is 1.53. The first-order chi connectivity index (χ1) is 5.65. The molecule has 0 bridgehead atoms. The topological polar surface area (TPSA) is 35.6 Å². The molecule has 1 aliphatic rings. The van der Waals surface area contributed by atoms with Gasteiger partial charge in [-0.05, 0) is 14.1 Å². The van der Waals surface area contributed by atoms with Crippen molar-refractivity contribution in [1.82, 2.24) is 15.1 Å². The van der Waals surface area contributed by atoms with Gasteiger partial charge in [-0.15, -0.1) is 0 Å². The monoisotopic (exact) mass is 171 g/mol. The van der Waals surface area contributed by atoms with Crippen LogP contribution in [0.3, 0.4) is 0 Å². The number of amides is 1. The van der Waals surface area contributed by atoms with Crippen molar-refractivity contribution >= 4 is 5.91 Å². The molecule has 0 spiro atoms. The molecule has 0 aromatic rings. The Kier molecular flexibility index (Phi) is 3.05. The van der Waals surface area contributed by atoms with E-state index in [1.165, 1.54) is 0 Å². The second-order valence-corrected chi connectivity index (χ2v) is 3.41. The highest BCUT2D eigenvalue weighted by Gasteiger charge is 2.26. The number of hydrogen-bond acceptors (Lipinski definition) is 3. The first-order valence-corrected chi connectivity index (χ1v) is 4.24. The third kappa shape index (κ3) is 1.95. The summed E-state index contributed by atoms with van der Waals surface area (Å²) in [4.78, 5) is 15.2. The Balaban J connectivity index is 2.53. The number of nitrogens with zero attached hydrogens (tertiary/aromatic N) is 2. The van der Waals surface area contributed by atoms with Crippen LogP contribution in [0.25, 0.3) is 0 Å². The summed E-state index contributed by atoms with van der Waals surface area (Å²) in [5.74, 6) is 0.212. The van der Waals surface area contributed by atoms with E-state index in [4.69, 9.17) is 0 Å². The predicted molar refractivity (Wildman–Crippen MR) is 48.0 cm³/mol. The number of likely N-dealkylation sites (N-methyl/N-ethyl adjacent to an activating group) is 3. The quantitative estimate of drug-likeness (QED) is 0.577. The first kappa shape index (κ1) is 9.48. The Bertz CT molecular complexity index is 172. The van der Waals surface area contributed by atoms with Gasteiger partial charge in [0, 0.05) is 20.1 Å². The van der Waals surface area contributed by atoms with E-state index in [0.717, 1.165) is 13.1 Å². The largest absolute Gasteiger partial charge is 0.339 e.